The van der Waals surface area contributed by atoms with Crippen molar-refractivity contribution in [1.82, 2.24) is 9.80 Å². The third-order valence-electron chi connectivity index (χ3n) is 4.02. The highest BCUT2D eigenvalue weighted by Gasteiger charge is 2.38. The first-order valence-electron chi connectivity index (χ1n) is 7.52. The standard InChI is InChI=1S/C15H19F3N3O3/c1-3-19-6-8-20(9-7-19)14(22)12-10-11(21(23)24-2)4-5-13(12)15(16,17)18/h4-5,10H,3,6-9H2,1-2H3/q+1. The monoisotopic (exact) mass is 346 g/mol. The van der Waals surface area contributed by atoms with E-state index in [0.29, 0.717) is 26.2 Å². The van der Waals surface area contributed by atoms with Crippen LogP contribution in [0.3, 0.4) is 0 Å². The molecule has 1 amide bonds. The fourth-order valence-corrected chi connectivity index (χ4v) is 2.61. The first-order chi connectivity index (χ1) is 11.3. The Morgan fingerprint density at radius 2 is 1.88 bits per heavy atom. The smallest absolute Gasteiger partial charge is 0.336 e. The number of halogens is 3. The molecular formula is C15H19F3N3O3+. The van der Waals surface area contributed by atoms with Crippen molar-refractivity contribution in [3.05, 3.63) is 34.2 Å². The summed E-state index contributed by atoms with van der Waals surface area (Å²) in [6, 6.07) is 2.63. The van der Waals surface area contributed by atoms with Gasteiger partial charge in [-0.15, -0.1) is 0 Å². The van der Waals surface area contributed by atoms with Gasteiger partial charge >= 0.3 is 11.9 Å². The van der Waals surface area contributed by atoms with Crippen molar-refractivity contribution < 1.29 is 27.7 Å². The van der Waals surface area contributed by atoms with Gasteiger partial charge < -0.3 is 9.80 Å². The van der Waals surface area contributed by atoms with Gasteiger partial charge in [0, 0.05) is 38.3 Å². The molecule has 9 heteroatoms. The number of nitrogens with zero attached hydrogens (tertiary/aromatic N) is 3. The maximum Gasteiger partial charge on any atom is 0.417 e. The highest BCUT2D eigenvalue weighted by Crippen LogP contribution is 2.34. The van der Waals surface area contributed by atoms with E-state index >= 15 is 0 Å². The van der Waals surface area contributed by atoms with Gasteiger partial charge in [-0.1, -0.05) is 6.92 Å². The van der Waals surface area contributed by atoms with Crippen LogP contribution in [-0.2, 0) is 11.0 Å². The first kappa shape index (κ1) is 18.2. The zero-order chi connectivity index (χ0) is 17.9. The van der Waals surface area contributed by atoms with Crippen LogP contribution in [0.15, 0.2) is 18.2 Å². The van der Waals surface area contributed by atoms with Crippen molar-refractivity contribution in [3.63, 3.8) is 0 Å². The van der Waals surface area contributed by atoms with Gasteiger partial charge in [0.05, 0.1) is 16.0 Å². The molecule has 1 aliphatic rings. The molecule has 1 aliphatic heterocycles. The second-order valence-electron chi connectivity index (χ2n) is 5.39. The summed E-state index contributed by atoms with van der Waals surface area (Å²) in [5.41, 5.74) is -1.76. The Kier molecular flexibility index (Phi) is 5.43. The van der Waals surface area contributed by atoms with Crippen LogP contribution in [0.25, 0.3) is 0 Å². The minimum atomic E-state index is -4.68. The van der Waals surface area contributed by atoms with Crippen LogP contribution in [0.1, 0.15) is 22.8 Å². The summed E-state index contributed by atoms with van der Waals surface area (Å²) in [5.74, 6) is -0.732. The average Bonchev–Trinajstić information content (AvgIpc) is 2.59. The van der Waals surface area contributed by atoms with Crippen LogP contribution in [0.2, 0.25) is 0 Å². The Hall–Kier alpha value is -2.16. The molecule has 0 unspecified atom stereocenters. The highest BCUT2D eigenvalue weighted by atomic mass is 19.4. The lowest BCUT2D eigenvalue weighted by molar-refractivity contribution is -0.736. The Morgan fingerprint density at radius 3 is 2.38 bits per heavy atom. The summed E-state index contributed by atoms with van der Waals surface area (Å²) in [5, 5.41) is 0. The predicted octanol–water partition coefficient (Wildman–Crippen LogP) is 2.45. The van der Waals surface area contributed by atoms with Crippen molar-refractivity contribution >= 4 is 11.6 Å². The van der Waals surface area contributed by atoms with Crippen LogP contribution in [-0.4, -0.2) is 60.5 Å². The van der Waals surface area contributed by atoms with Gasteiger partial charge in [0.1, 0.15) is 0 Å². The summed E-state index contributed by atoms with van der Waals surface area (Å²) in [6.07, 6.45) is -4.68. The number of amides is 1. The third kappa shape index (κ3) is 3.84. The van der Waals surface area contributed by atoms with Crippen molar-refractivity contribution in [3.8, 4) is 0 Å². The molecule has 0 bridgehead atoms. The van der Waals surface area contributed by atoms with Crippen molar-refractivity contribution in [2.75, 3.05) is 39.8 Å². The molecule has 0 aliphatic carbocycles. The van der Waals surface area contributed by atoms with Gasteiger partial charge in [-0.25, -0.2) is 4.84 Å². The van der Waals surface area contributed by atoms with Crippen LogP contribution >= 0.6 is 0 Å². The minimum absolute atomic E-state index is 0.0615. The third-order valence-corrected chi connectivity index (χ3v) is 4.02. The molecule has 1 saturated heterocycles. The van der Waals surface area contributed by atoms with Gasteiger partial charge in [0.25, 0.3) is 10.8 Å². The molecule has 0 atom stereocenters. The van der Waals surface area contributed by atoms with E-state index in [4.69, 9.17) is 0 Å². The number of carbonyl (C=O) groups excluding carboxylic acids is 1. The van der Waals surface area contributed by atoms with Gasteiger partial charge in [-0.3, -0.25) is 4.79 Å². The van der Waals surface area contributed by atoms with Gasteiger partial charge in [-0.2, -0.15) is 13.2 Å². The van der Waals surface area contributed by atoms with E-state index in [9.17, 15) is 22.9 Å². The van der Waals surface area contributed by atoms with E-state index in [2.05, 4.69) is 9.74 Å². The number of carbonyl (C=O) groups is 1. The lowest BCUT2D eigenvalue weighted by Gasteiger charge is -2.34. The quantitative estimate of drug-likeness (QED) is 0.786. The summed E-state index contributed by atoms with van der Waals surface area (Å²) in [6.45, 7) is 4.71. The summed E-state index contributed by atoms with van der Waals surface area (Å²) in [4.78, 5) is 32.0. The molecule has 1 fully saturated rings. The van der Waals surface area contributed by atoms with E-state index in [1.54, 1.807) is 0 Å². The van der Waals surface area contributed by atoms with Crippen molar-refractivity contribution in [1.29, 1.82) is 0 Å². The van der Waals surface area contributed by atoms with E-state index in [-0.39, 0.29) is 10.6 Å². The molecule has 0 spiro atoms. The second kappa shape index (κ2) is 7.16. The Bertz CT molecular complexity index is 626. The second-order valence-corrected chi connectivity index (χ2v) is 5.39. The number of benzene rings is 1. The molecule has 0 saturated carbocycles. The molecule has 0 radical (unpaired) electrons. The zero-order valence-corrected chi connectivity index (χ0v) is 13.5. The predicted molar refractivity (Wildman–Crippen MR) is 79.8 cm³/mol. The zero-order valence-electron chi connectivity index (χ0n) is 13.5. The van der Waals surface area contributed by atoms with Gasteiger partial charge in [-0.05, 0) is 12.6 Å². The molecule has 0 aromatic heterocycles. The number of alkyl halides is 3. The Morgan fingerprint density at radius 1 is 1.25 bits per heavy atom. The van der Waals surface area contributed by atoms with E-state index in [1.807, 2.05) is 6.92 Å². The van der Waals surface area contributed by atoms with E-state index < -0.39 is 23.2 Å². The van der Waals surface area contributed by atoms with Crippen LogP contribution in [0, 0.1) is 4.91 Å². The first-order valence-corrected chi connectivity index (χ1v) is 7.52. The Balaban J connectivity index is 2.35. The maximum atomic E-state index is 13.2. The largest absolute Gasteiger partial charge is 0.417 e. The molecule has 0 N–H and O–H groups in total. The van der Waals surface area contributed by atoms with Crippen LogP contribution < -0.4 is 0 Å². The number of piperazine rings is 1. The number of hydrogen-bond donors (Lipinski definition) is 0. The molecule has 6 nitrogen and oxygen atoms in total. The lowest BCUT2D eigenvalue weighted by atomic mass is 10.0. The van der Waals surface area contributed by atoms with Gasteiger partial charge in [0.15, 0.2) is 7.11 Å². The number of hydrogen-bond acceptors (Lipinski definition) is 4. The van der Waals surface area contributed by atoms with Crippen LogP contribution in [0.4, 0.5) is 18.9 Å². The highest BCUT2D eigenvalue weighted by molar-refractivity contribution is 5.96. The fourth-order valence-electron chi connectivity index (χ4n) is 2.61. The lowest BCUT2D eigenvalue weighted by Crippen LogP contribution is -2.48. The van der Waals surface area contributed by atoms with Crippen molar-refractivity contribution in [2.24, 2.45) is 0 Å². The molecule has 2 rings (SSSR count). The Labute approximate surface area is 137 Å². The molecule has 132 valence electrons. The minimum Gasteiger partial charge on any atom is -0.336 e. The summed E-state index contributed by atoms with van der Waals surface area (Å²) >= 11 is 0. The summed E-state index contributed by atoms with van der Waals surface area (Å²) in [7, 11) is 1.09. The van der Waals surface area contributed by atoms with Crippen LogP contribution in [0.5, 0.6) is 0 Å². The van der Waals surface area contributed by atoms with Gasteiger partial charge in [0.2, 0.25) is 0 Å². The van der Waals surface area contributed by atoms with E-state index in [0.717, 1.165) is 31.9 Å². The molecular weight excluding hydrogens is 327 g/mol. The average molecular weight is 346 g/mol. The van der Waals surface area contributed by atoms with E-state index in [1.165, 1.54) is 4.90 Å². The summed E-state index contributed by atoms with van der Waals surface area (Å²) < 4.78 is 39.6. The fraction of sp³-hybridized carbons (Fsp3) is 0.533. The molecule has 1 aromatic rings. The number of likely N-dealkylation sites (N-methyl/N-ethyl adjacent to an activating group) is 1. The topological polar surface area (TPSA) is 52.9 Å². The molecule has 1 aromatic carbocycles. The molecule has 1 heterocycles. The SMILES string of the molecule is CCN1CCN(C(=O)c2cc([N+](=O)OC)ccc2C(F)(F)F)CC1. The molecule has 24 heavy (non-hydrogen) atoms. The number of rotatable bonds is 4. The maximum absolute atomic E-state index is 13.2. The normalized spacial score (nSPS) is 16.1. The van der Waals surface area contributed by atoms with Crippen molar-refractivity contribution in [2.45, 2.75) is 13.1 Å².